The summed E-state index contributed by atoms with van der Waals surface area (Å²) in [6.07, 6.45) is 4.15. The predicted octanol–water partition coefficient (Wildman–Crippen LogP) is 2.85. The van der Waals surface area contributed by atoms with Gasteiger partial charge in [-0.25, -0.2) is 4.98 Å². The smallest absolute Gasteiger partial charge is 0.227 e. The largest absolute Gasteiger partial charge is 0.345 e. The zero-order valence-electron chi connectivity index (χ0n) is 14.8. The highest BCUT2D eigenvalue weighted by atomic mass is 32.1. The number of fused-ring (bicyclic) bond motifs is 1. The minimum atomic E-state index is -0.348. The van der Waals surface area contributed by atoms with E-state index in [4.69, 9.17) is 10.7 Å². The molecule has 2 aromatic rings. The van der Waals surface area contributed by atoms with Gasteiger partial charge in [0.1, 0.15) is 0 Å². The molecule has 2 N–H and O–H groups in total. The topological polar surface area (TPSA) is 62.5 Å². The van der Waals surface area contributed by atoms with Crippen molar-refractivity contribution in [2.24, 2.45) is 11.7 Å². The van der Waals surface area contributed by atoms with Gasteiger partial charge >= 0.3 is 0 Å². The van der Waals surface area contributed by atoms with Gasteiger partial charge in [-0.2, -0.15) is 0 Å². The van der Waals surface area contributed by atoms with E-state index in [-0.39, 0.29) is 17.4 Å². The van der Waals surface area contributed by atoms with Crippen LogP contribution in [0.3, 0.4) is 0 Å². The van der Waals surface area contributed by atoms with Crippen LogP contribution < -0.4 is 10.6 Å². The van der Waals surface area contributed by atoms with E-state index in [1.807, 2.05) is 17.9 Å². The van der Waals surface area contributed by atoms with Gasteiger partial charge in [-0.05, 0) is 31.9 Å². The molecule has 4 rings (SSSR count). The summed E-state index contributed by atoms with van der Waals surface area (Å²) in [5.74, 6) is 0.240. The van der Waals surface area contributed by atoms with Crippen molar-refractivity contribution in [2.45, 2.75) is 38.1 Å². The Morgan fingerprint density at radius 1 is 1.24 bits per heavy atom. The van der Waals surface area contributed by atoms with Crippen LogP contribution in [-0.2, 0) is 4.79 Å². The lowest BCUT2D eigenvalue weighted by Gasteiger charge is -2.42. The van der Waals surface area contributed by atoms with E-state index in [0.29, 0.717) is 0 Å². The van der Waals surface area contributed by atoms with Crippen molar-refractivity contribution < 1.29 is 4.79 Å². The molecule has 1 aromatic heterocycles. The molecule has 1 aromatic carbocycles. The standard InChI is InChI=1S/C19H26N4OS/c1-19(20)9-5-4-6-14(19)17(24)22-10-12-23(13-11-22)18-21-15-7-2-3-8-16(15)25-18/h2-3,7-8,14H,4-6,9-13,20H2,1H3. The molecule has 1 aliphatic heterocycles. The van der Waals surface area contributed by atoms with Gasteiger partial charge in [-0.1, -0.05) is 36.3 Å². The number of aromatic nitrogens is 1. The third kappa shape index (κ3) is 3.25. The molecule has 2 heterocycles. The maximum atomic E-state index is 13.0. The van der Waals surface area contributed by atoms with Crippen molar-refractivity contribution in [3.05, 3.63) is 24.3 Å². The van der Waals surface area contributed by atoms with Gasteiger partial charge in [0.25, 0.3) is 0 Å². The van der Waals surface area contributed by atoms with Gasteiger partial charge in [0.05, 0.1) is 16.1 Å². The number of anilines is 1. The van der Waals surface area contributed by atoms with Crippen molar-refractivity contribution in [2.75, 3.05) is 31.1 Å². The summed E-state index contributed by atoms with van der Waals surface area (Å²) < 4.78 is 1.22. The van der Waals surface area contributed by atoms with Crippen LogP contribution in [0, 0.1) is 5.92 Å². The number of hydrogen-bond acceptors (Lipinski definition) is 5. The Labute approximate surface area is 152 Å². The fourth-order valence-corrected chi connectivity index (χ4v) is 5.11. The Hall–Kier alpha value is -1.66. The first-order valence-electron chi connectivity index (χ1n) is 9.23. The van der Waals surface area contributed by atoms with Gasteiger partial charge in [-0.15, -0.1) is 0 Å². The first kappa shape index (κ1) is 16.8. The summed E-state index contributed by atoms with van der Waals surface area (Å²) in [6.45, 7) is 5.27. The molecule has 25 heavy (non-hydrogen) atoms. The number of piperazine rings is 1. The second kappa shape index (κ2) is 6.57. The molecule has 2 atom stereocenters. The predicted molar refractivity (Wildman–Crippen MR) is 103 cm³/mol. The first-order chi connectivity index (χ1) is 12.0. The maximum Gasteiger partial charge on any atom is 0.227 e. The summed E-state index contributed by atoms with van der Waals surface area (Å²) in [6, 6.07) is 8.24. The van der Waals surface area contributed by atoms with Crippen LogP contribution in [0.25, 0.3) is 10.2 Å². The van der Waals surface area contributed by atoms with Crippen LogP contribution in [0.4, 0.5) is 5.13 Å². The molecule has 1 amide bonds. The van der Waals surface area contributed by atoms with Crippen molar-refractivity contribution in [3.8, 4) is 0 Å². The third-order valence-corrected chi connectivity index (χ3v) is 6.79. The molecule has 2 unspecified atom stereocenters. The Morgan fingerprint density at radius 3 is 2.72 bits per heavy atom. The monoisotopic (exact) mass is 358 g/mol. The molecule has 0 spiro atoms. The van der Waals surface area contributed by atoms with Crippen LogP contribution in [0.1, 0.15) is 32.6 Å². The molecule has 1 saturated heterocycles. The lowest BCUT2D eigenvalue weighted by Crippen LogP contribution is -2.57. The highest BCUT2D eigenvalue weighted by Gasteiger charge is 2.40. The molecule has 1 saturated carbocycles. The summed E-state index contributed by atoms with van der Waals surface area (Å²) in [4.78, 5) is 22.0. The average molecular weight is 359 g/mol. The fourth-order valence-electron chi connectivity index (χ4n) is 4.10. The molecule has 134 valence electrons. The molecule has 0 radical (unpaired) electrons. The summed E-state index contributed by atoms with van der Waals surface area (Å²) >= 11 is 1.73. The number of carbonyl (C=O) groups is 1. The Kier molecular flexibility index (Phi) is 4.41. The molecule has 2 fully saturated rings. The number of carbonyl (C=O) groups excluding carboxylic acids is 1. The van der Waals surface area contributed by atoms with Crippen LogP contribution in [0.15, 0.2) is 24.3 Å². The van der Waals surface area contributed by atoms with E-state index in [2.05, 4.69) is 23.1 Å². The van der Waals surface area contributed by atoms with Gasteiger partial charge in [-0.3, -0.25) is 4.79 Å². The number of nitrogens with two attached hydrogens (primary N) is 1. The van der Waals surface area contributed by atoms with Crippen molar-refractivity contribution in [3.63, 3.8) is 0 Å². The van der Waals surface area contributed by atoms with E-state index in [0.717, 1.165) is 62.5 Å². The highest BCUT2D eigenvalue weighted by molar-refractivity contribution is 7.22. The number of rotatable bonds is 2. The van der Waals surface area contributed by atoms with E-state index in [9.17, 15) is 4.79 Å². The first-order valence-corrected chi connectivity index (χ1v) is 10.0. The molecule has 0 bridgehead atoms. The number of thiazole rings is 1. The number of para-hydroxylation sites is 1. The molecular weight excluding hydrogens is 332 g/mol. The Bertz CT molecular complexity index is 731. The van der Waals surface area contributed by atoms with Crippen LogP contribution in [0.2, 0.25) is 0 Å². The molecular formula is C19H26N4OS. The van der Waals surface area contributed by atoms with E-state index < -0.39 is 0 Å². The van der Waals surface area contributed by atoms with Crippen molar-refractivity contribution in [1.82, 2.24) is 9.88 Å². The molecule has 2 aliphatic rings. The Balaban J connectivity index is 1.41. The van der Waals surface area contributed by atoms with Gasteiger partial charge in [0.2, 0.25) is 5.91 Å². The van der Waals surface area contributed by atoms with Gasteiger partial charge < -0.3 is 15.5 Å². The van der Waals surface area contributed by atoms with Crippen LogP contribution in [-0.4, -0.2) is 47.5 Å². The van der Waals surface area contributed by atoms with E-state index in [1.54, 1.807) is 11.3 Å². The second-order valence-corrected chi connectivity index (χ2v) is 8.59. The van der Waals surface area contributed by atoms with Crippen LogP contribution in [0.5, 0.6) is 0 Å². The summed E-state index contributed by atoms with van der Waals surface area (Å²) in [7, 11) is 0. The number of benzene rings is 1. The van der Waals surface area contributed by atoms with Gasteiger partial charge in [0, 0.05) is 31.7 Å². The highest BCUT2D eigenvalue weighted by Crippen LogP contribution is 2.34. The quantitative estimate of drug-likeness (QED) is 0.897. The zero-order valence-corrected chi connectivity index (χ0v) is 15.6. The third-order valence-electron chi connectivity index (χ3n) is 5.70. The molecule has 6 heteroatoms. The van der Waals surface area contributed by atoms with Crippen molar-refractivity contribution in [1.29, 1.82) is 0 Å². The van der Waals surface area contributed by atoms with Gasteiger partial charge in [0.15, 0.2) is 5.13 Å². The van der Waals surface area contributed by atoms with Crippen molar-refractivity contribution >= 4 is 32.6 Å². The lowest BCUT2D eigenvalue weighted by molar-refractivity contribution is -0.139. The fraction of sp³-hybridized carbons (Fsp3) is 0.579. The minimum Gasteiger partial charge on any atom is -0.345 e. The minimum absolute atomic E-state index is 0.0183. The molecule has 5 nitrogen and oxygen atoms in total. The number of hydrogen-bond donors (Lipinski definition) is 1. The SMILES string of the molecule is CC1(N)CCCCC1C(=O)N1CCN(c2nc3ccccc3s2)CC1. The summed E-state index contributed by atoms with van der Waals surface area (Å²) in [5.41, 5.74) is 7.13. The van der Waals surface area contributed by atoms with E-state index in [1.165, 1.54) is 4.70 Å². The van der Waals surface area contributed by atoms with Crippen LogP contribution >= 0.6 is 11.3 Å². The maximum absolute atomic E-state index is 13.0. The Morgan fingerprint density at radius 2 is 2.00 bits per heavy atom. The number of nitrogens with zero attached hydrogens (tertiary/aromatic N) is 3. The molecule has 1 aliphatic carbocycles. The lowest BCUT2D eigenvalue weighted by atomic mass is 9.74. The van der Waals surface area contributed by atoms with E-state index >= 15 is 0 Å². The average Bonchev–Trinajstić information content (AvgIpc) is 3.05. The zero-order chi connectivity index (χ0) is 17.4. The number of amides is 1. The summed E-state index contributed by atoms with van der Waals surface area (Å²) in [5, 5.41) is 1.06. The normalized spacial score (nSPS) is 27.7. The second-order valence-electron chi connectivity index (χ2n) is 7.58.